The molecule has 3 aliphatic heterocycles. The van der Waals surface area contributed by atoms with E-state index in [-0.39, 0.29) is 22.8 Å². The third-order valence-electron chi connectivity index (χ3n) is 7.64. The predicted octanol–water partition coefficient (Wildman–Crippen LogP) is 3.84. The SMILES string of the molecule is NC(=Cc1nc(N2CCC2)cc(N2CCOCC2)n1)C1CCCCN1c1ncnc2cccc(C(F)(F)F)c12. The van der Waals surface area contributed by atoms with Crippen molar-refractivity contribution in [3.05, 3.63) is 47.7 Å². The second-order valence-electron chi connectivity index (χ2n) is 10.1. The molecule has 0 radical (unpaired) electrons. The minimum atomic E-state index is -4.54. The second-order valence-corrected chi connectivity index (χ2v) is 10.1. The molecular formula is C27H31F3N8O. The first-order valence-electron chi connectivity index (χ1n) is 13.4. The summed E-state index contributed by atoms with van der Waals surface area (Å²) in [7, 11) is 0. The van der Waals surface area contributed by atoms with Crippen LogP contribution in [0.1, 0.15) is 37.1 Å². The predicted molar refractivity (Wildman–Crippen MR) is 144 cm³/mol. The van der Waals surface area contributed by atoms with Gasteiger partial charge in [0, 0.05) is 50.6 Å². The minimum Gasteiger partial charge on any atom is -0.400 e. The summed E-state index contributed by atoms with van der Waals surface area (Å²) in [6, 6.07) is 5.70. The summed E-state index contributed by atoms with van der Waals surface area (Å²) in [6.07, 6.45) is 2.08. The van der Waals surface area contributed by atoms with E-state index in [0.717, 1.165) is 63.1 Å². The standard InChI is InChI=1S/C27H31F3N8O/c28-27(29,30)18-5-3-6-20-25(18)26(33-17-32-20)38-10-2-1-7-21(38)19(31)15-22-34-23(36-8-4-9-36)16-24(35-22)37-11-13-39-14-12-37/h3,5-6,15-17,21H,1-2,4,7-14,31H2. The van der Waals surface area contributed by atoms with Crippen LogP contribution in [0.15, 0.2) is 36.3 Å². The molecule has 1 unspecified atom stereocenters. The zero-order chi connectivity index (χ0) is 27.0. The molecule has 0 amide bonds. The number of ether oxygens (including phenoxy) is 1. The molecule has 3 saturated heterocycles. The Morgan fingerprint density at radius 2 is 1.69 bits per heavy atom. The maximum Gasteiger partial charge on any atom is 0.417 e. The lowest BCUT2D eigenvalue weighted by molar-refractivity contribution is -0.136. The van der Waals surface area contributed by atoms with Gasteiger partial charge < -0.3 is 25.2 Å². The first kappa shape index (κ1) is 25.6. The monoisotopic (exact) mass is 540 g/mol. The smallest absolute Gasteiger partial charge is 0.400 e. The number of nitrogens with two attached hydrogens (primary N) is 1. The van der Waals surface area contributed by atoms with E-state index in [4.69, 9.17) is 20.4 Å². The van der Waals surface area contributed by atoms with E-state index in [0.29, 0.717) is 37.7 Å². The number of benzene rings is 1. The van der Waals surface area contributed by atoms with E-state index < -0.39 is 11.7 Å². The highest BCUT2D eigenvalue weighted by molar-refractivity contribution is 5.93. The van der Waals surface area contributed by atoms with Crippen LogP contribution in [-0.4, -0.2) is 71.9 Å². The van der Waals surface area contributed by atoms with Gasteiger partial charge in [0.25, 0.3) is 0 Å². The van der Waals surface area contributed by atoms with Crippen LogP contribution in [0.2, 0.25) is 0 Å². The van der Waals surface area contributed by atoms with Gasteiger partial charge in [0.05, 0.1) is 35.7 Å². The number of alkyl halides is 3. The van der Waals surface area contributed by atoms with E-state index in [2.05, 4.69) is 19.8 Å². The number of piperidine rings is 1. The highest BCUT2D eigenvalue weighted by Gasteiger charge is 2.36. The van der Waals surface area contributed by atoms with Crippen LogP contribution in [0.25, 0.3) is 17.0 Å². The van der Waals surface area contributed by atoms with Crippen LogP contribution in [0.4, 0.5) is 30.6 Å². The first-order chi connectivity index (χ1) is 18.9. The Morgan fingerprint density at radius 1 is 0.949 bits per heavy atom. The van der Waals surface area contributed by atoms with E-state index in [1.54, 1.807) is 12.1 Å². The Balaban J connectivity index is 1.38. The van der Waals surface area contributed by atoms with Crippen molar-refractivity contribution >= 4 is 34.4 Å². The fraction of sp³-hybridized carbons (Fsp3) is 0.481. The molecular weight excluding hydrogens is 509 g/mol. The van der Waals surface area contributed by atoms with Gasteiger partial charge in [-0.2, -0.15) is 13.2 Å². The van der Waals surface area contributed by atoms with Crippen molar-refractivity contribution < 1.29 is 17.9 Å². The highest BCUT2D eigenvalue weighted by atomic mass is 19.4. The molecule has 39 heavy (non-hydrogen) atoms. The Morgan fingerprint density at radius 3 is 2.38 bits per heavy atom. The molecule has 0 spiro atoms. The van der Waals surface area contributed by atoms with Crippen molar-refractivity contribution in [1.82, 2.24) is 19.9 Å². The van der Waals surface area contributed by atoms with Crippen LogP contribution in [-0.2, 0) is 10.9 Å². The lowest BCUT2D eigenvalue weighted by atomic mass is 9.97. The highest BCUT2D eigenvalue weighted by Crippen LogP contribution is 2.39. The van der Waals surface area contributed by atoms with Crippen LogP contribution >= 0.6 is 0 Å². The first-order valence-corrected chi connectivity index (χ1v) is 13.4. The molecule has 2 aromatic heterocycles. The molecule has 12 heteroatoms. The third-order valence-corrected chi connectivity index (χ3v) is 7.64. The van der Waals surface area contributed by atoms with Gasteiger partial charge in [-0.15, -0.1) is 0 Å². The van der Waals surface area contributed by atoms with Gasteiger partial charge in [-0.3, -0.25) is 0 Å². The van der Waals surface area contributed by atoms with Crippen molar-refractivity contribution in [2.75, 3.05) is 60.6 Å². The minimum absolute atomic E-state index is 0.00201. The number of nitrogens with zero attached hydrogens (tertiary/aromatic N) is 7. The topological polar surface area (TPSA) is 96.5 Å². The molecule has 1 atom stereocenters. The summed E-state index contributed by atoms with van der Waals surface area (Å²) in [5.41, 5.74) is 6.71. The maximum absolute atomic E-state index is 14.0. The number of hydrogen-bond donors (Lipinski definition) is 1. The average molecular weight is 541 g/mol. The lowest BCUT2D eigenvalue weighted by Gasteiger charge is -2.37. The summed E-state index contributed by atoms with van der Waals surface area (Å²) < 4.78 is 47.5. The molecule has 0 bridgehead atoms. The second kappa shape index (κ2) is 10.5. The average Bonchev–Trinajstić information content (AvgIpc) is 2.91. The van der Waals surface area contributed by atoms with Crippen LogP contribution < -0.4 is 20.4 Å². The normalized spacial score (nSPS) is 20.8. The molecule has 5 heterocycles. The Labute approximate surface area is 224 Å². The van der Waals surface area contributed by atoms with Gasteiger partial charge in [-0.05, 0) is 37.8 Å². The Kier molecular flexibility index (Phi) is 6.88. The number of hydrogen-bond acceptors (Lipinski definition) is 9. The van der Waals surface area contributed by atoms with Gasteiger partial charge in [-0.1, -0.05) is 6.07 Å². The van der Waals surface area contributed by atoms with Crippen molar-refractivity contribution in [1.29, 1.82) is 0 Å². The number of morpholine rings is 1. The van der Waals surface area contributed by atoms with Crippen molar-refractivity contribution in [3.8, 4) is 0 Å². The lowest BCUT2D eigenvalue weighted by Crippen LogP contribution is -2.43. The number of fused-ring (bicyclic) bond motifs is 1. The quantitative estimate of drug-likeness (QED) is 0.518. The molecule has 3 aliphatic rings. The molecule has 2 N–H and O–H groups in total. The van der Waals surface area contributed by atoms with Crippen LogP contribution in [0.5, 0.6) is 0 Å². The third kappa shape index (κ3) is 5.17. The molecule has 3 aromatic rings. The Hall–Kier alpha value is -3.67. The molecule has 206 valence electrons. The summed E-state index contributed by atoms with van der Waals surface area (Å²) in [4.78, 5) is 24.3. The van der Waals surface area contributed by atoms with Gasteiger partial charge in [0.15, 0.2) is 5.82 Å². The van der Waals surface area contributed by atoms with Crippen molar-refractivity contribution in [3.63, 3.8) is 0 Å². The maximum atomic E-state index is 14.0. The van der Waals surface area contributed by atoms with E-state index >= 15 is 0 Å². The van der Waals surface area contributed by atoms with E-state index in [1.807, 2.05) is 11.0 Å². The number of halogens is 3. The molecule has 0 saturated carbocycles. The zero-order valence-electron chi connectivity index (χ0n) is 21.6. The van der Waals surface area contributed by atoms with Crippen molar-refractivity contribution in [2.45, 2.75) is 37.9 Å². The van der Waals surface area contributed by atoms with Gasteiger partial charge in [-0.25, -0.2) is 19.9 Å². The molecule has 1 aromatic carbocycles. The summed E-state index contributed by atoms with van der Waals surface area (Å²) in [6.45, 7) is 5.18. The van der Waals surface area contributed by atoms with E-state index in [9.17, 15) is 13.2 Å². The zero-order valence-corrected chi connectivity index (χ0v) is 21.6. The largest absolute Gasteiger partial charge is 0.417 e. The fourth-order valence-electron chi connectivity index (χ4n) is 5.49. The summed E-state index contributed by atoms with van der Waals surface area (Å²) >= 11 is 0. The summed E-state index contributed by atoms with van der Waals surface area (Å²) in [5.74, 6) is 2.42. The number of rotatable bonds is 5. The molecule has 0 aliphatic carbocycles. The van der Waals surface area contributed by atoms with Gasteiger partial charge in [0.2, 0.25) is 0 Å². The molecule has 9 nitrogen and oxygen atoms in total. The van der Waals surface area contributed by atoms with Gasteiger partial charge >= 0.3 is 6.18 Å². The molecule has 3 fully saturated rings. The van der Waals surface area contributed by atoms with Crippen LogP contribution in [0.3, 0.4) is 0 Å². The van der Waals surface area contributed by atoms with Gasteiger partial charge in [0.1, 0.15) is 23.8 Å². The fourth-order valence-corrected chi connectivity index (χ4v) is 5.49. The molecule has 6 rings (SSSR count). The Bertz CT molecular complexity index is 1370. The van der Waals surface area contributed by atoms with E-state index in [1.165, 1.54) is 12.4 Å². The number of anilines is 3. The summed E-state index contributed by atoms with van der Waals surface area (Å²) in [5, 5.41) is -0.00201. The van der Waals surface area contributed by atoms with Crippen LogP contribution in [0, 0.1) is 0 Å². The van der Waals surface area contributed by atoms with Crippen molar-refractivity contribution in [2.24, 2.45) is 5.73 Å². The number of aromatic nitrogens is 4.